The Labute approximate surface area is 284 Å². The number of aryl methyl sites for hydroxylation is 2. The highest BCUT2D eigenvalue weighted by molar-refractivity contribution is 6.31. The van der Waals surface area contributed by atoms with E-state index in [0.717, 1.165) is 65.0 Å². The van der Waals surface area contributed by atoms with Crippen LogP contribution in [0.1, 0.15) is 81.7 Å². The highest BCUT2D eigenvalue weighted by atomic mass is 35.5. The van der Waals surface area contributed by atoms with E-state index in [4.69, 9.17) is 25.8 Å². The topological polar surface area (TPSA) is 85.3 Å². The van der Waals surface area contributed by atoms with Gasteiger partial charge in [-0.3, -0.25) is 14.8 Å². The van der Waals surface area contributed by atoms with Crippen LogP contribution in [-0.4, -0.2) is 49.7 Å². The van der Waals surface area contributed by atoms with Crippen LogP contribution in [0, 0.1) is 12.8 Å². The van der Waals surface area contributed by atoms with Gasteiger partial charge in [-0.2, -0.15) is 0 Å². The van der Waals surface area contributed by atoms with Gasteiger partial charge in [0.1, 0.15) is 5.75 Å². The molecule has 0 saturated heterocycles. The molecule has 0 saturated carbocycles. The largest absolute Gasteiger partial charge is 0.493 e. The van der Waals surface area contributed by atoms with E-state index in [0.29, 0.717) is 42.5 Å². The molecule has 250 valence electrons. The van der Waals surface area contributed by atoms with Gasteiger partial charge in [0.15, 0.2) is 11.5 Å². The maximum atomic E-state index is 13.0. The van der Waals surface area contributed by atoms with Gasteiger partial charge in [-0.1, -0.05) is 49.2 Å². The fourth-order valence-corrected chi connectivity index (χ4v) is 5.88. The minimum absolute atomic E-state index is 0.0732. The van der Waals surface area contributed by atoms with E-state index in [2.05, 4.69) is 34.0 Å². The van der Waals surface area contributed by atoms with Crippen LogP contribution < -0.4 is 14.2 Å². The molecule has 7 nitrogen and oxygen atoms in total. The molecule has 0 bridgehead atoms. The van der Waals surface area contributed by atoms with Gasteiger partial charge in [-0.15, -0.1) is 0 Å². The molecular formula is C39H48ClN3O4. The zero-order valence-electron chi connectivity index (χ0n) is 28.6. The highest BCUT2D eigenvalue weighted by Crippen LogP contribution is 2.39. The third-order valence-electron chi connectivity index (χ3n) is 8.41. The van der Waals surface area contributed by atoms with Gasteiger partial charge in [-0.05, 0) is 106 Å². The Morgan fingerprint density at radius 3 is 2.55 bits per heavy atom. The number of aromatic nitrogens is 1. The zero-order valence-corrected chi connectivity index (χ0v) is 29.3. The molecule has 0 amide bonds. The molecule has 1 aromatic heterocycles. The van der Waals surface area contributed by atoms with Crippen LogP contribution in [0.3, 0.4) is 0 Å². The number of fused-ring (bicyclic) bond motifs is 1. The molecule has 47 heavy (non-hydrogen) atoms. The summed E-state index contributed by atoms with van der Waals surface area (Å²) in [7, 11) is 1.68. The molecule has 0 aliphatic carbocycles. The molecule has 3 aromatic carbocycles. The summed E-state index contributed by atoms with van der Waals surface area (Å²) >= 11 is 6.47. The number of carbonyl (C=O) groups is 1. The van der Waals surface area contributed by atoms with Crippen molar-refractivity contribution in [3.8, 4) is 17.2 Å². The fraction of sp³-hybridized carbons (Fsp3) is 0.410. The standard InChI is InChI=1S/C39H48ClN3O4/c1-7-32(29-14-20-36(37(24-29)45-6)46-23-9-10-28(5)42-22-21-41-8-2)38-33(34-25-30(40)15-19-35(34)43-38)18-13-27(4)39(44)47-31-16-11-26(3)12-17-31/h11-12,14-17,19-21,24-25,27,32,43H,7-10,13,18,22-23H2,1-6H3. The molecule has 1 N–H and O–H groups in total. The van der Waals surface area contributed by atoms with Gasteiger partial charge in [0.25, 0.3) is 0 Å². The molecule has 2 atom stereocenters. The van der Waals surface area contributed by atoms with Crippen molar-refractivity contribution in [1.82, 2.24) is 4.98 Å². The summed E-state index contributed by atoms with van der Waals surface area (Å²) in [6, 6.07) is 19.7. The quantitative estimate of drug-likeness (QED) is 0.0530. The van der Waals surface area contributed by atoms with Gasteiger partial charge in [-0.25, -0.2) is 0 Å². The summed E-state index contributed by atoms with van der Waals surface area (Å²) in [4.78, 5) is 25.4. The molecule has 0 aliphatic heterocycles. The molecule has 0 aliphatic rings. The summed E-state index contributed by atoms with van der Waals surface area (Å²) in [5.74, 6) is 1.55. The van der Waals surface area contributed by atoms with E-state index >= 15 is 0 Å². The van der Waals surface area contributed by atoms with Crippen molar-refractivity contribution in [2.45, 2.75) is 72.6 Å². The van der Waals surface area contributed by atoms with Crippen molar-refractivity contribution in [2.24, 2.45) is 15.9 Å². The first-order valence-corrected chi connectivity index (χ1v) is 17.0. The summed E-state index contributed by atoms with van der Waals surface area (Å²) in [5, 5.41) is 1.76. The fourth-order valence-electron chi connectivity index (χ4n) is 5.71. The van der Waals surface area contributed by atoms with E-state index in [1.165, 1.54) is 5.56 Å². The average molecular weight is 658 g/mol. The predicted molar refractivity (Wildman–Crippen MR) is 194 cm³/mol. The van der Waals surface area contributed by atoms with Crippen LogP contribution in [0.25, 0.3) is 10.9 Å². The maximum absolute atomic E-state index is 13.0. The van der Waals surface area contributed by atoms with Crippen molar-refractivity contribution in [3.05, 3.63) is 88.1 Å². The van der Waals surface area contributed by atoms with Crippen molar-refractivity contribution < 1.29 is 19.0 Å². The predicted octanol–water partition coefficient (Wildman–Crippen LogP) is 9.57. The zero-order chi connectivity index (χ0) is 33.8. The number of hydrogen-bond donors (Lipinski definition) is 1. The molecule has 1 heterocycles. The van der Waals surface area contributed by atoms with E-state index in [9.17, 15) is 4.79 Å². The Kier molecular flexibility index (Phi) is 13.5. The Bertz CT molecular complexity index is 1680. The summed E-state index contributed by atoms with van der Waals surface area (Å²) in [6.07, 6.45) is 5.79. The SMILES string of the molecule is CCN=CCN=C(C)CCCOc1ccc(C(CC)c2[nH]c3ccc(Cl)cc3c2CCC(C)C(=O)Oc2ccc(C)cc2)cc1OC. The first kappa shape index (κ1) is 35.7. The lowest BCUT2D eigenvalue weighted by atomic mass is 9.88. The second-order valence-corrected chi connectivity index (χ2v) is 12.4. The van der Waals surface area contributed by atoms with Crippen LogP contribution in [0.2, 0.25) is 5.02 Å². The number of rotatable bonds is 17. The van der Waals surface area contributed by atoms with Crippen LogP contribution in [-0.2, 0) is 11.2 Å². The van der Waals surface area contributed by atoms with Gasteiger partial charge in [0, 0.05) is 46.0 Å². The van der Waals surface area contributed by atoms with Crippen LogP contribution in [0.15, 0.2) is 70.6 Å². The van der Waals surface area contributed by atoms with Gasteiger partial charge >= 0.3 is 5.97 Å². The maximum Gasteiger partial charge on any atom is 0.314 e. The molecule has 4 aromatic rings. The summed E-state index contributed by atoms with van der Waals surface area (Å²) in [5.41, 5.74) is 6.65. The molecule has 0 radical (unpaired) electrons. The minimum atomic E-state index is -0.283. The molecule has 2 unspecified atom stereocenters. The average Bonchev–Trinajstić information content (AvgIpc) is 3.42. The number of H-pyrrole nitrogens is 1. The number of nitrogens with one attached hydrogen (secondary N) is 1. The van der Waals surface area contributed by atoms with Gasteiger partial charge in [0.2, 0.25) is 0 Å². The molecule has 4 rings (SSSR count). The second-order valence-electron chi connectivity index (χ2n) is 12.0. The number of methoxy groups -OCH3 is 1. The first-order valence-electron chi connectivity index (χ1n) is 16.6. The summed E-state index contributed by atoms with van der Waals surface area (Å²) < 4.78 is 17.6. The lowest BCUT2D eigenvalue weighted by Crippen LogP contribution is -2.18. The van der Waals surface area contributed by atoms with Crippen molar-refractivity contribution >= 4 is 40.4 Å². The smallest absolute Gasteiger partial charge is 0.314 e. The van der Waals surface area contributed by atoms with E-state index < -0.39 is 0 Å². The lowest BCUT2D eigenvalue weighted by molar-refractivity contribution is -0.138. The van der Waals surface area contributed by atoms with Crippen molar-refractivity contribution in [1.29, 1.82) is 0 Å². The Hall–Kier alpha value is -4.10. The van der Waals surface area contributed by atoms with E-state index in [-0.39, 0.29) is 17.8 Å². The first-order chi connectivity index (χ1) is 22.7. The lowest BCUT2D eigenvalue weighted by Gasteiger charge is -2.20. The molecular weight excluding hydrogens is 610 g/mol. The Morgan fingerprint density at radius 1 is 1.04 bits per heavy atom. The minimum Gasteiger partial charge on any atom is -0.493 e. The number of carbonyl (C=O) groups excluding carboxylic acids is 1. The molecule has 0 fully saturated rings. The highest BCUT2D eigenvalue weighted by Gasteiger charge is 2.24. The molecule has 8 heteroatoms. The Morgan fingerprint density at radius 2 is 1.83 bits per heavy atom. The number of hydrogen-bond acceptors (Lipinski definition) is 6. The third kappa shape index (κ3) is 9.94. The second kappa shape index (κ2) is 17.7. The van der Waals surface area contributed by atoms with E-state index in [1.54, 1.807) is 7.11 Å². The van der Waals surface area contributed by atoms with E-state index in [1.807, 2.05) is 82.4 Å². The van der Waals surface area contributed by atoms with Crippen molar-refractivity contribution in [2.75, 3.05) is 26.8 Å². The number of nitrogens with zero attached hydrogens (tertiary/aromatic N) is 2. The Balaban J connectivity index is 1.50. The number of halogens is 1. The molecule has 0 spiro atoms. The monoisotopic (exact) mass is 657 g/mol. The number of aliphatic imine (C=N–C) groups is 2. The van der Waals surface area contributed by atoms with Crippen LogP contribution in [0.5, 0.6) is 17.2 Å². The number of ether oxygens (including phenoxy) is 3. The number of benzene rings is 3. The van der Waals surface area contributed by atoms with Crippen LogP contribution >= 0.6 is 11.6 Å². The number of esters is 1. The third-order valence-corrected chi connectivity index (χ3v) is 8.65. The van der Waals surface area contributed by atoms with Gasteiger partial charge < -0.3 is 19.2 Å². The number of aromatic amines is 1. The van der Waals surface area contributed by atoms with Crippen molar-refractivity contribution in [3.63, 3.8) is 0 Å². The summed E-state index contributed by atoms with van der Waals surface area (Å²) in [6.45, 7) is 12.2. The van der Waals surface area contributed by atoms with Crippen LogP contribution in [0.4, 0.5) is 0 Å². The van der Waals surface area contributed by atoms with Gasteiger partial charge in [0.05, 0.1) is 26.2 Å². The normalized spacial score (nSPS) is 13.2.